The third-order valence-corrected chi connectivity index (χ3v) is 3.30. The highest BCUT2D eigenvalue weighted by Crippen LogP contribution is 2.23. The molecule has 0 radical (unpaired) electrons. The zero-order chi connectivity index (χ0) is 12.3. The summed E-state index contributed by atoms with van der Waals surface area (Å²) in [6.07, 6.45) is 0.219. The van der Waals surface area contributed by atoms with Gasteiger partial charge in [0, 0.05) is 0 Å². The van der Waals surface area contributed by atoms with Crippen molar-refractivity contribution in [3.8, 4) is 0 Å². The number of nitrogens with zero attached hydrogens (tertiary/aromatic N) is 2. The van der Waals surface area contributed by atoms with Crippen LogP contribution in [0.4, 0.5) is 5.13 Å². The van der Waals surface area contributed by atoms with Crippen LogP contribution >= 0.6 is 34.5 Å². The minimum Gasteiger partial charge on any atom is -0.300 e. The molecular weight excluding hydrogens is 281 g/mol. The van der Waals surface area contributed by atoms with E-state index in [0.29, 0.717) is 15.2 Å². The van der Waals surface area contributed by atoms with Gasteiger partial charge in [-0.2, -0.15) is 0 Å². The van der Waals surface area contributed by atoms with E-state index in [1.165, 1.54) is 11.3 Å². The van der Waals surface area contributed by atoms with Crippen molar-refractivity contribution in [2.24, 2.45) is 0 Å². The van der Waals surface area contributed by atoms with E-state index in [1.807, 2.05) is 0 Å². The topological polar surface area (TPSA) is 54.9 Å². The van der Waals surface area contributed by atoms with Crippen molar-refractivity contribution >= 4 is 45.6 Å². The zero-order valence-corrected chi connectivity index (χ0v) is 10.8. The van der Waals surface area contributed by atoms with Gasteiger partial charge < -0.3 is 5.32 Å². The summed E-state index contributed by atoms with van der Waals surface area (Å²) in [6, 6.07) is 5.09. The van der Waals surface area contributed by atoms with E-state index >= 15 is 0 Å². The molecule has 2 rings (SSSR count). The van der Waals surface area contributed by atoms with E-state index in [9.17, 15) is 4.79 Å². The van der Waals surface area contributed by atoms with E-state index in [2.05, 4.69) is 15.5 Å². The van der Waals surface area contributed by atoms with E-state index < -0.39 is 0 Å². The van der Waals surface area contributed by atoms with Crippen LogP contribution < -0.4 is 5.32 Å². The Morgan fingerprint density at radius 3 is 2.82 bits per heavy atom. The van der Waals surface area contributed by atoms with Gasteiger partial charge in [0.1, 0.15) is 5.51 Å². The minimum atomic E-state index is -0.167. The molecular formula is C10H7Cl2N3OS. The molecule has 0 aliphatic heterocycles. The number of halogens is 2. The maximum absolute atomic E-state index is 11.6. The van der Waals surface area contributed by atoms with Crippen LogP contribution in [0.5, 0.6) is 0 Å². The zero-order valence-electron chi connectivity index (χ0n) is 8.48. The number of rotatable bonds is 3. The molecule has 2 aromatic rings. The molecule has 7 heteroatoms. The number of amides is 1. The standard InChI is InChI=1S/C10H7Cl2N3OS/c11-7-2-1-6(3-8(7)12)4-9(16)14-10-15-13-5-17-10/h1-3,5H,4H2,(H,14,15,16). The van der Waals surface area contributed by atoms with Crippen LogP contribution in [-0.4, -0.2) is 16.1 Å². The Labute approximate surface area is 112 Å². The third kappa shape index (κ3) is 3.39. The lowest BCUT2D eigenvalue weighted by atomic mass is 10.1. The maximum Gasteiger partial charge on any atom is 0.230 e. The van der Waals surface area contributed by atoms with Gasteiger partial charge in [-0.25, -0.2) is 0 Å². The maximum atomic E-state index is 11.6. The van der Waals surface area contributed by atoms with E-state index in [0.717, 1.165) is 5.56 Å². The van der Waals surface area contributed by atoms with Gasteiger partial charge in [0.2, 0.25) is 11.0 Å². The average molecular weight is 288 g/mol. The highest BCUT2D eigenvalue weighted by atomic mass is 35.5. The van der Waals surface area contributed by atoms with Crippen molar-refractivity contribution in [3.05, 3.63) is 39.3 Å². The predicted octanol–water partition coefficient (Wildman–Crippen LogP) is 3.03. The Kier molecular flexibility index (Phi) is 3.93. The first-order valence-electron chi connectivity index (χ1n) is 4.65. The SMILES string of the molecule is O=C(Cc1ccc(Cl)c(Cl)c1)Nc1nncs1. The quantitative estimate of drug-likeness (QED) is 0.944. The molecule has 1 aromatic heterocycles. The number of carbonyl (C=O) groups excluding carboxylic acids is 1. The summed E-state index contributed by atoms with van der Waals surface area (Å²) >= 11 is 12.9. The van der Waals surface area contributed by atoms with Crippen LogP contribution in [0.1, 0.15) is 5.56 Å². The average Bonchev–Trinajstić information content (AvgIpc) is 2.76. The highest BCUT2D eigenvalue weighted by Gasteiger charge is 2.07. The van der Waals surface area contributed by atoms with Crippen LogP contribution in [0, 0.1) is 0 Å². The molecule has 0 atom stereocenters. The van der Waals surface area contributed by atoms with Crippen molar-refractivity contribution < 1.29 is 4.79 Å². The lowest BCUT2D eigenvalue weighted by Gasteiger charge is -2.03. The molecule has 0 aliphatic rings. The number of hydrogen-bond donors (Lipinski definition) is 1. The van der Waals surface area contributed by atoms with Crippen molar-refractivity contribution in [1.29, 1.82) is 0 Å². The van der Waals surface area contributed by atoms with E-state index in [4.69, 9.17) is 23.2 Å². The molecule has 1 aromatic carbocycles. The third-order valence-electron chi connectivity index (χ3n) is 1.96. The summed E-state index contributed by atoms with van der Waals surface area (Å²) in [6.45, 7) is 0. The van der Waals surface area contributed by atoms with Crippen LogP contribution in [0.3, 0.4) is 0 Å². The fourth-order valence-corrected chi connectivity index (χ4v) is 2.01. The summed E-state index contributed by atoms with van der Waals surface area (Å²) in [4.78, 5) is 11.6. The van der Waals surface area contributed by atoms with Crippen LogP contribution in [0.2, 0.25) is 10.0 Å². The number of aromatic nitrogens is 2. The van der Waals surface area contributed by atoms with Gasteiger partial charge in [-0.15, -0.1) is 10.2 Å². The number of anilines is 1. The molecule has 0 saturated heterocycles. The molecule has 1 N–H and O–H groups in total. The molecule has 0 aliphatic carbocycles. The lowest BCUT2D eigenvalue weighted by molar-refractivity contribution is -0.115. The summed E-state index contributed by atoms with van der Waals surface area (Å²) in [5.74, 6) is -0.167. The Morgan fingerprint density at radius 1 is 1.35 bits per heavy atom. The van der Waals surface area contributed by atoms with Crippen LogP contribution in [0.25, 0.3) is 0 Å². The highest BCUT2D eigenvalue weighted by molar-refractivity contribution is 7.13. The second-order valence-corrected chi connectivity index (χ2v) is 4.86. The Balaban J connectivity index is 2.00. The number of carbonyl (C=O) groups is 1. The monoisotopic (exact) mass is 287 g/mol. The summed E-state index contributed by atoms with van der Waals surface area (Å²) in [7, 11) is 0. The first-order chi connectivity index (χ1) is 8.15. The van der Waals surface area contributed by atoms with E-state index in [1.54, 1.807) is 23.7 Å². The normalized spacial score (nSPS) is 10.2. The molecule has 0 fully saturated rings. The molecule has 0 spiro atoms. The molecule has 1 heterocycles. The fourth-order valence-electron chi connectivity index (χ4n) is 1.23. The first-order valence-corrected chi connectivity index (χ1v) is 6.28. The van der Waals surface area contributed by atoms with E-state index in [-0.39, 0.29) is 12.3 Å². The molecule has 1 amide bonds. The van der Waals surface area contributed by atoms with Crippen LogP contribution in [-0.2, 0) is 11.2 Å². The van der Waals surface area contributed by atoms with Gasteiger partial charge in [-0.1, -0.05) is 40.6 Å². The smallest absolute Gasteiger partial charge is 0.230 e. The summed E-state index contributed by atoms with van der Waals surface area (Å²) in [5, 5.41) is 11.4. The molecule has 0 saturated carbocycles. The van der Waals surface area contributed by atoms with Crippen molar-refractivity contribution in [2.45, 2.75) is 6.42 Å². The first kappa shape index (κ1) is 12.3. The second kappa shape index (κ2) is 5.44. The second-order valence-electron chi connectivity index (χ2n) is 3.22. The van der Waals surface area contributed by atoms with Crippen molar-refractivity contribution in [1.82, 2.24) is 10.2 Å². The van der Waals surface area contributed by atoms with Gasteiger partial charge in [-0.3, -0.25) is 4.79 Å². The van der Waals surface area contributed by atoms with Crippen molar-refractivity contribution in [2.75, 3.05) is 5.32 Å². The van der Waals surface area contributed by atoms with Gasteiger partial charge in [-0.05, 0) is 17.7 Å². The minimum absolute atomic E-state index is 0.167. The summed E-state index contributed by atoms with van der Waals surface area (Å²) in [5.41, 5.74) is 2.34. The predicted molar refractivity (Wildman–Crippen MR) is 68.7 cm³/mol. The molecule has 4 nitrogen and oxygen atoms in total. The Bertz CT molecular complexity index is 530. The molecule has 17 heavy (non-hydrogen) atoms. The van der Waals surface area contributed by atoms with Gasteiger partial charge in [0.25, 0.3) is 0 Å². The number of nitrogens with one attached hydrogen (secondary N) is 1. The fraction of sp³-hybridized carbons (Fsp3) is 0.100. The van der Waals surface area contributed by atoms with Gasteiger partial charge >= 0.3 is 0 Å². The largest absolute Gasteiger partial charge is 0.300 e. The van der Waals surface area contributed by atoms with Crippen LogP contribution in [0.15, 0.2) is 23.7 Å². The Hall–Kier alpha value is -1.17. The molecule has 0 bridgehead atoms. The molecule has 0 unspecified atom stereocenters. The number of benzene rings is 1. The summed E-state index contributed by atoms with van der Waals surface area (Å²) < 4.78 is 0. The van der Waals surface area contributed by atoms with Crippen molar-refractivity contribution in [3.63, 3.8) is 0 Å². The lowest BCUT2D eigenvalue weighted by Crippen LogP contribution is -2.14. The Morgan fingerprint density at radius 2 is 2.18 bits per heavy atom. The van der Waals surface area contributed by atoms with Gasteiger partial charge in [0.05, 0.1) is 16.5 Å². The molecule has 88 valence electrons. The number of hydrogen-bond acceptors (Lipinski definition) is 4. The van der Waals surface area contributed by atoms with Gasteiger partial charge in [0.15, 0.2) is 0 Å².